The zero-order valence-corrected chi connectivity index (χ0v) is 21.5. The van der Waals surface area contributed by atoms with Crippen LogP contribution in [-0.2, 0) is 0 Å². The number of nitrogens with one attached hydrogen (secondary N) is 2. The number of carbonyl (C=O) groups is 1. The fourth-order valence-corrected chi connectivity index (χ4v) is 5.61. The molecule has 1 fully saturated rings. The highest BCUT2D eigenvalue weighted by Gasteiger charge is 2.27. The largest absolute Gasteiger partial charge is 0.494 e. The highest BCUT2D eigenvalue weighted by Crippen LogP contribution is 2.35. The van der Waals surface area contributed by atoms with Gasteiger partial charge in [-0.1, -0.05) is 51.2 Å². The van der Waals surface area contributed by atoms with Crippen molar-refractivity contribution in [2.24, 2.45) is 0 Å². The molecule has 1 saturated heterocycles. The average Bonchev–Trinajstić information content (AvgIpc) is 3.34. The molecule has 3 aromatic rings. The van der Waals surface area contributed by atoms with Crippen molar-refractivity contribution in [3.63, 3.8) is 0 Å². The number of aromatic nitrogens is 1. The van der Waals surface area contributed by atoms with Crippen molar-refractivity contribution in [1.29, 1.82) is 0 Å². The molecule has 2 aromatic carbocycles. The van der Waals surface area contributed by atoms with Gasteiger partial charge in [0.2, 0.25) is 0 Å². The molecule has 0 radical (unpaired) electrons. The first-order valence-corrected chi connectivity index (χ1v) is 13.8. The lowest BCUT2D eigenvalue weighted by atomic mass is 9.89. The van der Waals surface area contributed by atoms with Gasteiger partial charge in [0.1, 0.15) is 5.75 Å². The molecule has 2 aliphatic rings. The Balaban J connectivity index is 1.24. The van der Waals surface area contributed by atoms with Gasteiger partial charge in [-0.15, -0.1) is 0 Å². The van der Waals surface area contributed by atoms with Gasteiger partial charge in [0, 0.05) is 46.5 Å². The Bertz CT molecular complexity index is 1210. The standard InChI is InChI=1S/C31H39N3O2/c1-2-3-4-5-8-18-36-27-12-9-10-24(20-27)31(35)33-25-13-14-30-28(21-25)29(22-32-30)23-15-17-34-16-7-6-11-26(34)19-23/h9-10,12-15,20-22,26,32H,2-8,11,16-19H2,1H3,(H,33,35). The number of piperidine rings is 1. The van der Waals surface area contributed by atoms with E-state index < -0.39 is 0 Å². The number of amides is 1. The van der Waals surface area contributed by atoms with Gasteiger partial charge in [-0.3, -0.25) is 9.69 Å². The molecular formula is C31H39N3O2. The fraction of sp³-hybridized carbons (Fsp3) is 0.452. The maximum atomic E-state index is 13.0. The zero-order chi connectivity index (χ0) is 24.7. The van der Waals surface area contributed by atoms with Gasteiger partial charge in [-0.05, 0) is 74.2 Å². The van der Waals surface area contributed by atoms with Crippen molar-refractivity contribution in [1.82, 2.24) is 9.88 Å². The fourth-order valence-electron chi connectivity index (χ4n) is 5.61. The van der Waals surface area contributed by atoms with Crippen LogP contribution in [0.25, 0.3) is 16.5 Å². The minimum atomic E-state index is -0.116. The summed E-state index contributed by atoms with van der Waals surface area (Å²) in [5.74, 6) is 0.636. The van der Waals surface area contributed by atoms with Crippen LogP contribution in [0.1, 0.15) is 80.6 Å². The summed E-state index contributed by atoms with van der Waals surface area (Å²) >= 11 is 0. The summed E-state index contributed by atoms with van der Waals surface area (Å²) < 4.78 is 5.90. The Kier molecular flexibility index (Phi) is 8.07. The average molecular weight is 486 g/mol. The summed E-state index contributed by atoms with van der Waals surface area (Å²) in [5, 5.41) is 4.27. The lowest BCUT2D eigenvalue weighted by molar-refractivity contribution is 0.102. The number of carbonyl (C=O) groups excluding carboxylic acids is 1. The highest BCUT2D eigenvalue weighted by atomic mass is 16.5. The van der Waals surface area contributed by atoms with E-state index in [2.05, 4.69) is 46.5 Å². The second kappa shape index (κ2) is 11.8. The summed E-state index contributed by atoms with van der Waals surface area (Å²) in [7, 11) is 0. The number of hydrogen-bond acceptors (Lipinski definition) is 3. The summed E-state index contributed by atoms with van der Waals surface area (Å²) in [6, 6.07) is 14.3. The third-order valence-electron chi connectivity index (χ3n) is 7.68. The Morgan fingerprint density at radius 3 is 2.94 bits per heavy atom. The zero-order valence-electron chi connectivity index (χ0n) is 21.5. The second-order valence-electron chi connectivity index (χ2n) is 10.3. The molecule has 0 bridgehead atoms. The smallest absolute Gasteiger partial charge is 0.255 e. The molecule has 1 atom stereocenters. The molecule has 0 saturated carbocycles. The number of anilines is 1. The van der Waals surface area contributed by atoms with Crippen LogP contribution in [0.3, 0.4) is 0 Å². The molecule has 5 heteroatoms. The molecule has 2 aliphatic heterocycles. The number of aromatic amines is 1. The van der Waals surface area contributed by atoms with Gasteiger partial charge in [0.25, 0.3) is 5.91 Å². The normalized spacial score (nSPS) is 18.0. The van der Waals surface area contributed by atoms with Crippen LogP contribution in [-0.4, -0.2) is 41.5 Å². The number of ether oxygens (including phenoxy) is 1. The van der Waals surface area contributed by atoms with Crippen molar-refractivity contribution >= 4 is 28.1 Å². The van der Waals surface area contributed by atoms with Crippen LogP contribution in [0.4, 0.5) is 5.69 Å². The van der Waals surface area contributed by atoms with Crippen LogP contribution in [0.2, 0.25) is 0 Å². The van der Waals surface area contributed by atoms with Gasteiger partial charge < -0.3 is 15.0 Å². The number of benzene rings is 2. The highest BCUT2D eigenvalue weighted by molar-refractivity contribution is 6.06. The lowest BCUT2D eigenvalue weighted by Gasteiger charge is -2.38. The number of unbranched alkanes of at least 4 members (excludes halogenated alkanes) is 4. The minimum absolute atomic E-state index is 0.116. The van der Waals surface area contributed by atoms with Gasteiger partial charge >= 0.3 is 0 Å². The predicted octanol–water partition coefficient (Wildman–Crippen LogP) is 7.41. The number of H-pyrrole nitrogens is 1. The van der Waals surface area contributed by atoms with Crippen molar-refractivity contribution in [2.45, 2.75) is 70.8 Å². The van der Waals surface area contributed by atoms with Crippen molar-refractivity contribution < 1.29 is 9.53 Å². The van der Waals surface area contributed by atoms with Gasteiger partial charge in [0.05, 0.1) is 6.61 Å². The maximum absolute atomic E-state index is 13.0. The summed E-state index contributed by atoms with van der Waals surface area (Å²) in [6.07, 6.45) is 15.6. The van der Waals surface area contributed by atoms with E-state index in [1.807, 2.05) is 30.3 Å². The number of fused-ring (bicyclic) bond motifs is 2. The third kappa shape index (κ3) is 5.84. The van der Waals surface area contributed by atoms with E-state index in [4.69, 9.17) is 4.74 Å². The Morgan fingerprint density at radius 1 is 1.11 bits per heavy atom. The number of hydrogen-bond donors (Lipinski definition) is 2. The van der Waals surface area contributed by atoms with Crippen LogP contribution in [0.5, 0.6) is 5.75 Å². The summed E-state index contributed by atoms with van der Waals surface area (Å²) in [6.45, 7) is 5.18. The maximum Gasteiger partial charge on any atom is 0.255 e. The molecule has 1 unspecified atom stereocenters. The number of nitrogens with zero attached hydrogens (tertiary/aromatic N) is 1. The van der Waals surface area contributed by atoms with Crippen molar-refractivity contribution in [3.05, 3.63) is 65.9 Å². The Morgan fingerprint density at radius 2 is 2.03 bits per heavy atom. The van der Waals surface area contributed by atoms with Crippen LogP contribution >= 0.6 is 0 Å². The van der Waals surface area contributed by atoms with Gasteiger partial charge in [0.15, 0.2) is 0 Å². The van der Waals surface area contributed by atoms with E-state index >= 15 is 0 Å². The number of rotatable bonds is 10. The van der Waals surface area contributed by atoms with Crippen molar-refractivity contribution in [2.75, 3.05) is 25.0 Å². The van der Waals surface area contributed by atoms with Crippen LogP contribution < -0.4 is 10.1 Å². The van der Waals surface area contributed by atoms with E-state index in [-0.39, 0.29) is 5.91 Å². The van der Waals surface area contributed by atoms with Crippen LogP contribution in [0.15, 0.2) is 54.7 Å². The van der Waals surface area contributed by atoms with Gasteiger partial charge in [-0.2, -0.15) is 0 Å². The molecule has 5 rings (SSSR count). The van der Waals surface area contributed by atoms with E-state index in [9.17, 15) is 4.79 Å². The molecule has 2 N–H and O–H groups in total. The predicted molar refractivity (Wildman–Crippen MR) is 149 cm³/mol. The molecule has 190 valence electrons. The van der Waals surface area contributed by atoms with Crippen molar-refractivity contribution in [3.8, 4) is 5.75 Å². The van der Waals surface area contributed by atoms with E-state index in [0.29, 0.717) is 18.2 Å². The third-order valence-corrected chi connectivity index (χ3v) is 7.68. The van der Waals surface area contributed by atoms with E-state index in [1.54, 1.807) is 0 Å². The molecular weight excluding hydrogens is 446 g/mol. The Labute approximate surface area is 214 Å². The molecule has 0 aliphatic carbocycles. The topological polar surface area (TPSA) is 57.4 Å². The van der Waals surface area contributed by atoms with E-state index in [0.717, 1.165) is 36.3 Å². The minimum Gasteiger partial charge on any atom is -0.494 e. The Hall–Kier alpha value is -3.05. The molecule has 3 heterocycles. The summed E-state index contributed by atoms with van der Waals surface area (Å²) in [4.78, 5) is 19.1. The first kappa shape index (κ1) is 24.6. The molecule has 0 spiro atoms. The SMILES string of the molecule is CCCCCCCOc1cccc(C(=O)Nc2ccc3[nH]cc(C4=CCN5CCCCC5C4)c3c2)c1. The quantitative estimate of drug-likeness (QED) is 0.294. The monoisotopic (exact) mass is 485 g/mol. The van der Waals surface area contributed by atoms with Crippen LogP contribution in [0, 0.1) is 0 Å². The second-order valence-corrected chi connectivity index (χ2v) is 10.3. The molecule has 36 heavy (non-hydrogen) atoms. The van der Waals surface area contributed by atoms with E-state index in [1.165, 1.54) is 68.0 Å². The lowest BCUT2D eigenvalue weighted by Crippen LogP contribution is -2.41. The molecule has 1 aromatic heterocycles. The summed E-state index contributed by atoms with van der Waals surface area (Å²) in [5.41, 5.74) is 5.21. The molecule has 1 amide bonds. The van der Waals surface area contributed by atoms with Gasteiger partial charge in [-0.25, -0.2) is 0 Å². The first-order chi connectivity index (χ1) is 17.7. The first-order valence-electron chi connectivity index (χ1n) is 13.8. The molecule has 5 nitrogen and oxygen atoms in total.